The maximum Gasteiger partial charge on any atom is 0.697 e. The molecule has 0 radical (unpaired) electrons. The Balaban J connectivity index is 1.84. The van der Waals surface area contributed by atoms with Gasteiger partial charge in [0, 0.05) is 49.6 Å². The lowest BCUT2D eigenvalue weighted by atomic mass is 10.0. The highest BCUT2D eigenvalue weighted by molar-refractivity contribution is 7.33. The van der Waals surface area contributed by atoms with E-state index in [9.17, 15) is 28.5 Å². The topological polar surface area (TPSA) is 155 Å². The van der Waals surface area contributed by atoms with Crippen molar-refractivity contribution in [2.45, 2.75) is 148 Å². The number of nitrogens with zero attached hydrogens (tertiary/aromatic N) is 1. The van der Waals surface area contributed by atoms with Gasteiger partial charge in [-0.05, 0) is 12.8 Å². The van der Waals surface area contributed by atoms with Gasteiger partial charge >= 0.3 is 20.2 Å². The van der Waals surface area contributed by atoms with Crippen molar-refractivity contribution in [3.8, 4) is 0 Å². The van der Waals surface area contributed by atoms with E-state index < -0.39 is 26.0 Å². The zero-order valence-corrected chi connectivity index (χ0v) is 28.3. The van der Waals surface area contributed by atoms with Crippen molar-refractivity contribution in [1.82, 2.24) is 10.4 Å². The largest absolute Gasteiger partial charge is 0.697 e. The number of carbonyl (C=O) groups excluding carboxylic acids is 5. The van der Waals surface area contributed by atoms with Gasteiger partial charge < -0.3 is 14.9 Å². The molecule has 1 fully saturated rings. The summed E-state index contributed by atoms with van der Waals surface area (Å²) in [6.07, 6.45) is 20.0. The highest BCUT2D eigenvalue weighted by Crippen LogP contribution is 2.23. The van der Waals surface area contributed by atoms with Crippen molar-refractivity contribution in [3.05, 3.63) is 0 Å². The summed E-state index contributed by atoms with van der Waals surface area (Å²) in [6.45, 7) is 2.62. The van der Waals surface area contributed by atoms with E-state index in [0.717, 1.165) is 19.3 Å². The van der Waals surface area contributed by atoms with Gasteiger partial charge in [0.05, 0.1) is 6.61 Å². The van der Waals surface area contributed by atoms with Crippen molar-refractivity contribution in [2.24, 2.45) is 0 Å². The van der Waals surface area contributed by atoms with Gasteiger partial charge in [0.25, 0.3) is 11.8 Å². The molecule has 258 valence electrons. The van der Waals surface area contributed by atoms with Crippen molar-refractivity contribution in [1.29, 1.82) is 0 Å². The van der Waals surface area contributed by atoms with Crippen molar-refractivity contribution < 1.29 is 47.2 Å². The molecular formula is C32H56N2O10P+. The first-order chi connectivity index (χ1) is 21.8. The molecule has 0 aromatic rings. The average molecular weight is 660 g/mol. The van der Waals surface area contributed by atoms with Gasteiger partial charge in [-0.15, -0.1) is 14.1 Å². The fourth-order valence-electron chi connectivity index (χ4n) is 4.73. The van der Waals surface area contributed by atoms with E-state index in [-0.39, 0.29) is 70.3 Å². The summed E-state index contributed by atoms with van der Waals surface area (Å²) in [5, 5.41) is 3.03. The molecule has 1 heterocycles. The summed E-state index contributed by atoms with van der Waals surface area (Å²) < 4.78 is 27.0. The smallest absolute Gasteiger partial charge is 0.466 e. The zero-order chi connectivity index (χ0) is 33.0. The first kappa shape index (κ1) is 40.6. The van der Waals surface area contributed by atoms with Crippen LogP contribution in [0.5, 0.6) is 0 Å². The molecule has 3 amide bonds. The third-order valence-electron chi connectivity index (χ3n) is 7.34. The zero-order valence-electron chi connectivity index (χ0n) is 27.4. The third-order valence-corrected chi connectivity index (χ3v) is 8.12. The van der Waals surface area contributed by atoms with Crippen LogP contribution in [-0.2, 0) is 47.2 Å². The molecule has 0 spiro atoms. The highest BCUT2D eigenvalue weighted by atomic mass is 31.1. The summed E-state index contributed by atoms with van der Waals surface area (Å²) in [6, 6.07) is 0. The van der Waals surface area contributed by atoms with Gasteiger partial charge in [-0.25, -0.2) is 4.79 Å². The van der Waals surface area contributed by atoms with Crippen LogP contribution in [0.2, 0.25) is 0 Å². The number of amides is 3. The van der Waals surface area contributed by atoms with Gasteiger partial charge in [0.15, 0.2) is 0 Å². The van der Waals surface area contributed by atoms with Gasteiger partial charge in [-0.1, -0.05) is 96.8 Å². The van der Waals surface area contributed by atoms with Crippen LogP contribution >= 0.6 is 8.25 Å². The number of hydroxylamine groups is 2. The molecule has 0 aliphatic carbocycles. The Morgan fingerprint density at radius 2 is 1.16 bits per heavy atom. The van der Waals surface area contributed by atoms with Gasteiger partial charge in [0.1, 0.15) is 13.2 Å². The molecule has 0 saturated carbocycles. The molecular weight excluding hydrogens is 603 g/mol. The highest BCUT2D eigenvalue weighted by Gasteiger charge is 2.32. The number of ether oxygens (including phenoxy) is 1. The molecule has 0 aromatic carbocycles. The fraction of sp³-hybridized carbons (Fsp3) is 0.844. The predicted octanol–water partition coefficient (Wildman–Crippen LogP) is 6.77. The molecule has 1 unspecified atom stereocenters. The Labute approximate surface area is 269 Å². The van der Waals surface area contributed by atoms with E-state index in [0.29, 0.717) is 17.9 Å². The number of rotatable bonds is 30. The Bertz CT molecular complexity index is 870. The fourth-order valence-corrected chi connectivity index (χ4v) is 5.32. The second-order valence-electron chi connectivity index (χ2n) is 11.4. The predicted molar refractivity (Wildman–Crippen MR) is 169 cm³/mol. The normalized spacial score (nSPS) is 13.3. The third kappa shape index (κ3) is 23.6. The summed E-state index contributed by atoms with van der Waals surface area (Å²) in [7, 11) is -2.37. The molecule has 13 heteroatoms. The van der Waals surface area contributed by atoms with Crippen LogP contribution in [0, 0.1) is 0 Å². The molecule has 1 aliphatic heterocycles. The molecule has 1 aliphatic rings. The first-order valence-electron chi connectivity index (χ1n) is 17.1. The molecule has 0 bridgehead atoms. The van der Waals surface area contributed by atoms with Crippen molar-refractivity contribution in [3.63, 3.8) is 0 Å². The number of imide groups is 1. The number of unbranched alkanes of at least 4 members (excludes halogenated alkanes) is 14. The Morgan fingerprint density at radius 1 is 0.644 bits per heavy atom. The van der Waals surface area contributed by atoms with Gasteiger partial charge in [-0.3, -0.25) is 19.2 Å². The SMILES string of the molecule is CCCCCCCCCCCCCCCCCC(=O)OCCCO[P+](=O)OCCNC(=O)CCCC(=O)ON1C(=O)CCC1=O. The molecule has 0 aromatic heterocycles. The number of hydrogen-bond donors (Lipinski definition) is 1. The molecule has 1 rings (SSSR count). The first-order valence-corrected chi connectivity index (χ1v) is 18.1. The van der Waals surface area contributed by atoms with Crippen molar-refractivity contribution in [2.75, 3.05) is 26.4 Å². The van der Waals surface area contributed by atoms with Crippen LogP contribution < -0.4 is 5.32 Å². The van der Waals surface area contributed by atoms with Crippen LogP contribution in [0.4, 0.5) is 0 Å². The molecule has 45 heavy (non-hydrogen) atoms. The van der Waals surface area contributed by atoms with E-state index in [1.165, 1.54) is 77.0 Å². The minimum absolute atomic E-state index is 0.0161. The quantitative estimate of drug-likeness (QED) is 0.0378. The monoisotopic (exact) mass is 659 g/mol. The Kier molecular flexibility index (Phi) is 25.1. The number of esters is 1. The molecule has 1 saturated heterocycles. The van der Waals surface area contributed by atoms with Crippen LogP contribution in [0.1, 0.15) is 148 Å². The van der Waals surface area contributed by atoms with E-state index in [4.69, 9.17) is 18.6 Å². The van der Waals surface area contributed by atoms with Gasteiger partial charge in [0.2, 0.25) is 5.91 Å². The minimum atomic E-state index is -2.37. The molecule has 1 atom stereocenters. The Hall–Kier alpha value is -2.43. The standard InChI is InChI=1S/C32H55N2O10P/c1-2-3-4-5-6-7-8-9-10-11-12-13-14-15-16-20-31(38)41-25-18-26-42-45(40)43-27-24-33-28(35)19-17-21-32(39)44-34-29(36)22-23-30(34)37/h2-27H2,1H3/p+1. The lowest BCUT2D eigenvalue weighted by Crippen LogP contribution is -2.32. The summed E-state index contributed by atoms with van der Waals surface area (Å²) >= 11 is 0. The number of hydrogen-bond acceptors (Lipinski definition) is 10. The number of nitrogens with one attached hydrogen (secondary N) is 1. The van der Waals surface area contributed by atoms with Gasteiger partial charge in [-0.2, -0.15) is 0 Å². The van der Waals surface area contributed by atoms with Crippen molar-refractivity contribution >= 4 is 37.9 Å². The lowest BCUT2D eigenvalue weighted by molar-refractivity contribution is -0.197. The second-order valence-corrected chi connectivity index (χ2v) is 12.4. The van der Waals surface area contributed by atoms with Crippen LogP contribution in [0.3, 0.4) is 0 Å². The number of carbonyl (C=O) groups is 5. The van der Waals surface area contributed by atoms with E-state index in [1.54, 1.807) is 0 Å². The van der Waals surface area contributed by atoms with E-state index in [2.05, 4.69) is 12.2 Å². The van der Waals surface area contributed by atoms with E-state index in [1.807, 2.05) is 0 Å². The maximum atomic E-state index is 11.9. The Morgan fingerprint density at radius 3 is 1.73 bits per heavy atom. The summed E-state index contributed by atoms with van der Waals surface area (Å²) in [5.74, 6) is -2.45. The van der Waals surface area contributed by atoms with Crippen LogP contribution in [-0.4, -0.2) is 61.1 Å². The summed E-state index contributed by atoms with van der Waals surface area (Å²) in [5.41, 5.74) is 0. The van der Waals surface area contributed by atoms with Crippen LogP contribution in [0.25, 0.3) is 0 Å². The molecule has 1 N–H and O–H groups in total. The lowest BCUT2D eigenvalue weighted by Gasteiger charge is -2.12. The van der Waals surface area contributed by atoms with E-state index >= 15 is 0 Å². The second kappa shape index (κ2) is 27.8. The summed E-state index contributed by atoms with van der Waals surface area (Å²) in [4.78, 5) is 63.0. The maximum absolute atomic E-state index is 11.9. The average Bonchev–Trinajstić information content (AvgIpc) is 3.33. The molecule has 12 nitrogen and oxygen atoms in total. The minimum Gasteiger partial charge on any atom is -0.466 e. The van der Waals surface area contributed by atoms with Crippen LogP contribution in [0.15, 0.2) is 0 Å².